The number of aromatic nitrogens is 3. The molecule has 218 valence electrons. The van der Waals surface area contributed by atoms with Crippen LogP contribution in [0.1, 0.15) is 25.0 Å². The molecule has 8 aromatic rings. The zero-order chi connectivity index (χ0) is 30.8. The molecule has 0 amide bonds. The maximum absolute atomic E-state index is 6.44. The van der Waals surface area contributed by atoms with Crippen LogP contribution >= 0.6 is 0 Å². The van der Waals surface area contributed by atoms with Crippen molar-refractivity contribution in [1.82, 2.24) is 15.0 Å². The number of benzene rings is 6. The van der Waals surface area contributed by atoms with Crippen molar-refractivity contribution in [3.63, 3.8) is 0 Å². The average Bonchev–Trinajstić information content (AvgIpc) is 3.59. The molecule has 0 unspecified atom stereocenters. The largest absolute Gasteiger partial charge is 0.456 e. The van der Waals surface area contributed by atoms with Crippen LogP contribution in [0, 0.1) is 0 Å². The van der Waals surface area contributed by atoms with E-state index in [4.69, 9.17) is 19.4 Å². The lowest BCUT2D eigenvalue weighted by Gasteiger charge is -2.21. The molecule has 4 nitrogen and oxygen atoms in total. The van der Waals surface area contributed by atoms with E-state index in [9.17, 15) is 0 Å². The van der Waals surface area contributed by atoms with Crippen LogP contribution in [0.3, 0.4) is 0 Å². The lowest BCUT2D eigenvalue weighted by Crippen LogP contribution is -2.14. The van der Waals surface area contributed by atoms with E-state index in [2.05, 4.69) is 92.7 Å². The zero-order valence-electron chi connectivity index (χ0n) is 25.5. The molecule has 0 aliphatic heterocycles. The Hall–Kier alpha value is -5.87. The molecule has 0 radical (unpaired) electrons. The van der Waals surface area contributed by atoms with E-state index in [1.807, 2.05) is 60.7 Å². The second-order valence-electron chi connectivity index (χ2n) is 12.5. The number of furan rings is 1. The van der Waals surface area contributed by atoms with Crippen molar-refractivity contribution < 1.29 is 4.42 Å². The molecule has 0 spiro atoms. The molecule has 0 saturated heterocycles. The first-order chi connectivity index (χ1) is 22.5. The van der Waals surface area contributed by atoms with Gasteiger partial charge >= 0.3 is 0 Å². The summed E-state index contributed by atoms with van der Waals surface area (Å²) >= 11 is 0. The molecule has 1 aliphatic carbocycles. The Kier molecular flexibility index (Phi) is 5.81. The summed E-state index contributed by atoms with van der Waals surface area (Å²) in [6.07, 6.45) is 0. The molecule has 0 N–H and O–H groups in total. The normalized spacial score (nSPS) is 13.2. The van der Waals surface area contributed by atoms with Gasteiger partial charge < -0.3 is 4.42 Å². The summed E-state index contributed by atoms with van der Waals surface area (Å²) in [6.45, 7) is 4.60. The van der Waals surface area contributed by atoms with Gasteiger partial charge in [-0.05, 0) is 63.7 Å². The summed E-state index contributed by atoms with van der Waals surface area (Å²) < 4.78 is 6.44. The second kappa shape index (κ2) is 10.1. The topological polar surface area (TPSA) is 51.8 Å². The van der Waals surface area contributed by atoms with Crippen molar-refractivity contribution in [1.29, 1.82) is 0 Å². The molecule has 0 bridgehead atoms. The van der Waals surface area contributed by atoms with Crippen LogP contribution < -0.4 is 0 Å². The minimum absolute atomic E-state index is 0.0690. The lowest BCUT2D eigenvalue weighted by atomic mass is 9.82. The standard InChI is InChI=1S/C42H29N3O/c1-42(2)35-19-10-9-18-31(35)32-24-34-33-23-29(20-21-37(33)46-38(34)25-36(32)42)28-16-11-17-30(22-28)41-44-39(26-12-5-3-6-13-26)43-40(45-41)27-14-7-4-8-15-27/h3-25H,1-2H3. The van der Waals surface area contributed by atoms with Gasteiger partial charge in [-0.15, -0.1) is 0 Å². The van der Waals surface area contributed by atoms with Gasteiger partial charge in [-0.3, -0.25) is 0 Å². The Labute approximate surface area is 267 Å². The Balaban J connectivity index is 1.17. The molecule has 9 rings (SSSR count). The van der Waals surface area contributed by atoms with Gasteiger partial charge in [0.25, 0.3) is 0 Å². The number of hydrogen-bond donors (Lipinski definition) is 0. The summed E-state index contributed by atoms with van der Waals surface area (Å²) in [6, 6.07) is 48.4. The van der Waals surface area contributed by atoms with E-state index in [1.54, 1.807) is 0 Å². The van der Waals surface area contributed by atoms with E-state index < -0.39 is 0 Å². The highest BCUT2D eigenvalue weighted by atomic mass is 16.3. The van der Waals surface area contributed by atoms with Crippen molar-refractivity contribution in [2.45, 2.75) is 19.3 Å². The van der Waals surface area contributed by atoms with Gasteiger partial charge in [-0.2, -0.15) is 0 Å². The molecule has 1 aliphatic rings. The molecular formula is C42H29N3O. The molecule has 2 heterocycles. The van der Waals surface area contributed by atoms with E-state index >= 15 is 0 Å². The maximum atomic E-state index is 6.44. The van der Waals surface area contributed by atoms with Crippen molar-refractivity contribution in [3.05, 3.63) is 151 Å². The van der Waals surface area contributed by atoms with Gasteiger partial charge in [0.15, 0.2) is 17.5 Å². The quantitative estimate of drug-likeness (QED) is 0.204. The van der Waals surface area contributed by atoms with E-state index in [-0.39, 0.29) is 5.41 Å². The smallest absolute Gasteiger partial charge is 0.164 e. The third-order valence-electron chi connectivity index (χ3n) is 9.33. The van der Waals surface area contributed by atoms with Crippen LogP contribution in [0.2, 0.25) is 0 Å². The molecule has 2 aromatic heterocycles. The Morgan fingerprint density at radius 3 is 1.70 bits per heavy atom. The fourth-order valence-corrected chi connectivity index (χ4v) is 6.93. The third-order valence-corrected chi connectivity index (χ3v) is 9.33. The van der Waals surface area contributed by atoms with E-state index in [0.717, 1.165) is 49.8 Å². The number of fused-ring (bicyclic) bond motifs is 6. The van der Waals surface area contributed by atoms with Crippen LogP contribution in [0.15, 0.2) is 144 Å². The summed E-state index contributed by atoms with van der Waals surface area (Å²) in [7, 11) is 0. The van der Waals surface area contributed by atoms with Gasteiger partial charge in [0.05, 0.1) is 0 Å². The first kappa shape index (κ1) is 26.5. The molecule has 0 saturated carbocycles. The summed E-state index contributed by atoms with van der Waals surface area (Å²) in [5.74, 6) is 1.94. The lowest BCUT2D eigenvalue weighted by molar-refractivity contribution is 0.647. The first-order valence-electron chi connectivity index (χ1n) is 15.6. The highest BCUT2D eigenvalue weighted by Gasteiger charge is 2.36. The van der Waals surface area contributed by atoms with E-state index in [1.165, 1.54) is 22.3 Å². The minimum Gasteiger partial charge on any atom is -0.456 e. The van der Waals surface area contributed by atoms with Gasteiger partial charge in [0, 0.05) is 32.9 Å². The van der Waals surface area contributed by atoms with Crippen molar-refractivity contribution in [2.75, 3.05) is 0 Å². The number of nitrogens with zero attached hydrogens (tertiary/aromatic N) is 3. The van der Waals surface area contributed by atoms with Crippen molar-refractivity contribution in [2.24, 2.45) is 0 Å². The molecule has 0 fully saturated rings. The third kappa shape index (κ3) is 4.18. The second-order valence-corrected chi connectivity index (χ2v) is 12.5. The zero-order valence-corrected chi connectivity index (χ0v) is 25.5. The van der Waals surface area contributed by atoms with Gasteiger partial charge in [-0.1, -0.05) is 123 Å². The summed E-state index contributed by atoms with van der Waals surface area (Å²) in [5, 5.41) is 2.25. The fraction of sp³-hybridized carbons (Fsp3) is 0.0714. The Morgan fingerprint density at radius 2 is 0.978 bits per heavy atom. The predicted molar refractivity (Wildman–Crippen MR) is 186 cm³/mol. The molecule has 6 aromatic carbocycles. The van der Waals surface area contributed by atoms with Crippen LogP contribution in [-0.4, -0.2) is 15.0 Å². The van der Waals surface area contributed by atoms with Crippen molar-refractivity contribution >= 4 is 21.9 Å². The Morgan fingerprint density at radius 1 is 0.413 bits per heavy atom. The number of rotatable bonds is 4. The minimum atomic E-state index is -0.0690. The van der Waals surface area contributed by atoms with Crippen LogP contribution in [-0.2, 0) is 5.41 Å². The highest BCUT2D eigenvalue weighted by Crippen LogP contribution is 2.50. The van der Waals surface area contributed by atoms with Gasteiger partial charge in [0.1, 0.15) is 11.2 Å². The number of hydrogen-bond acceptors (Lipinski definition) is 4. The SMILES string of the molecule is CC1(C)c2ccccc2-c2cc3c(cc21)oc1ccc(-c2cccc(-c4nc(-c5ccccc5)nc(-c5ccccc5)n4)c2)cc13. The van der Waals surface area contributed by atoms with Crippen molar-refractivity contribution in [3.8, 4) is 56.4 Å². The first-order valence-corrected chi connectivity index (χ1v) is 15.6. The monoisotopic (exact) mass is 591 g/mol. The molecule has 4 heteroatoms. The van der Waals surface area contributed by atoms with Gasteiger partial charge in [-0.25, -0.2) is 15.0 Å². The molecular weight excluding hydrogens is 562 g/mol. The summed E-state index contributed by atoms with van der Waals surface area (Å²) in [4.78, 5) is 14.7. The van der Waals surface area contributed by atoms with E-state index in [0.29, 0.717) is 17.5 Å². The van der Waals surface area contributed by atoms with Crippen LogP contribution in [0.5, 0.6) is 0 Å². The molecule has 46 heavy (non-hydrogen) atoms. The summed E-state index contributed by atoms with van der Waals surface area (Å²) in [5.41, 5.74) is 12.1. The molecule has 0 atom stereocenters. The predicted octanol–water partition coefficient (Wildman–Crippen LogP) is 10.7. The fourth-order valence-electron chi connectivity index (χ4n) is 6.93. The average molecular weight is 592 g/mol. The van der Waals surface area contributed by atoms with Crippen LogP contribution in [0.4, 0.5) is 0 Å². The maximum Gasteiger partial charge on any atom is 0.164 e. The Bertz CT molecular complexity index is 2380. The van der Waals surface area contributed by atoms with Gasteiger partial charge in [0.2, 0.25) is 0 Å². The highest BCUT2D eigenvalue weighted by molar-refractivity contribution is 6.09. The van der Waals surface area contributed by atoms with Crippen LogP contribution in [0.25, 0.3) is 78.4 Å².